The fourth-order valence-corrected chi connectivity index (χ4v) is 5.31. The third-order valence-electron chi connectivity index (χ3n) is 8.07. The normalized spacial score (nSPS) is 18.0. The number of halogens is 3. The van der Waals surface area contributed by atoms with E-state index < -0.39 is 35.9 Å². The first-order valence-corrected chi connectivity index (χ1v) is 15.2. The Hall–Kier alpha value is -5.18. The molecule has 0 bridgehead atoms. The van der Waals surface area contributed by atoms with E-state index in [1.54, 1.807) is 55.3 Å². The van der Waals surface area contributed by atoms with Crippen LogP contribution >= 0.6 is 0 Å². The van der Waals surface area contributed by atoms with Crippen molar-refractivity contribution < 1.29 is 46.9 Å². The minimum Gasteiger partial charge on any atom is -0.488 e. The quantitative estimate of drug-likeness (QED) is 0.264. The van der Waals surface area contributed by atoms with Crippen LogP contribution in [-0.2, 0) is 17.4 Å². The molecule has 12 nitrogen and oxygen atoms in total. The summed E-state index contributed by atoms with van der Waals surface area (Å²) in [7, 11) is 1.62. The third-order valence-corrected chi connectivity index (χ3v) is 8.07. The molecule has 5 rings (SSSR count). The maximum atomic E-state index is 13.5. The van der Waals surface area contributed by atoms with Gasteiger partial charge in [0.05, 0.1) is 31.2 Å². The lowest BCUT2D eigenvalue weighted by Crippen LogP contribution is -2.48. The van der Waals surface area contributed by atoms with Crippen LogP contribution in [0, 0.1) is 5.92 Å². The first-order chi connectivity index (χ1) is 22.8. The molecule has 48 heavy (non-hydrogen) atoms. The zero-order valence-corrected chi connectivity index (χ0v) is 26.5. The van der Waals surface area contributed by atoms with Crippen LogP contribution in [0.5, 0.6) is 17.2 Å². The van der Waals surface area contributed by atoms with Crippen LogP contribution in [0.15, 0.2) is 60.7 Å². The first kappa shape index (κ1) is 34.2. The second kappa shape index (κ2) is 14.3. The fraction of sp³-hybridized carbons (Fsp3) is 0.364. The Labute approximate surface area is 274 Å². The van der Waals surface area contributed by atoms with Crippen molar-refractivity contribution in [1.29, 1.82) is 0 Å². The van der Waals surface area contributed by atoms with Gasteiger partial charge in [0.25, 0.3) is 0 Å². The number of rotatable bonds is 7. The van der Waals surface area contributed by atoms with E-state index in [1.807, 2.05) is 6.92 Å². The molecule has 0 radical (unpaired) electrons. The van der Waals surface area contributed by atoms with E-state index in [2.05, 4.69) is 16.0 Å². The van der Waals surface area contributed by atoms with E-state index in [9.17, 15) is 32.7 Å². The summed E-state index contributed by atoms with van der Waals surface area (Å²) in [5.41, 5.74) is 0.582. The SMILES string of the molecule is C[C@@H]1CN([C@H](C)CO)C(=O)Cc2cc(NC(=O)Nc3ccc(C(F)(F)F)cc3)ccc2O[C@@H]1CN(C)C(=O)Nc1ccc2c(c1)OCO2. The van der Waals surface area contributed by atoms with Crippen molar-refractivity contribution in [2.75, 3.05) is 49.5 Å². The number of ether oxygens (including phenoxy) is 3. The van der Waals surface area contributed by atoms with E-state index >= 15 is 0 Å². The largest absolute Gasteiger partial charge is 0.488 e. The zero-order chi connectivity index (χ0) is 34.6. The lowest BCUT2D eigenvalue weighted by Gasteiger charge is -2.34. The van der Waals surface area contributed by atoms with Gasteiger partial charge < -0.3 is 45.1 Å². The molecule has 2 heterocycles. The van der Waals surface area contributed by atoms with Gasteiger partial charge in [0.15, 0.2) is 11.5 Å². The molecule has 0 saturated carbocycles. The van der Waals surface area contributed by atoms with E-state index in [4.69, 9.17) is 14.2 Å². The first-order valence-electron chi connectivity index (χ1n) is 15.2. The Morgan fingerprint density at radius 3 is 2.27 bits per heavy atom. The van der Waals surface area contributed by atoms with E-state index in [0.717, 1.165) is 24.3 Å². The summed E-state index contributed by atoms with van der Waals surface area (Å²) in [5, 5.41) is 17.9. The van der Waals surface area contributed by atoms with Gasteiger partial charge in [-0.25, -0.2) is 9.59 Å². The summed E-state index contributed by atoms with van der Waals surface area (Å²) >= 11 is 0. The number of nitrogens with zero attached hydrogens (tertiary/aromatic N) is 2. The van der Waals surface area contributed by atoms with Gasteiger partial charge in [-0.2, -0.15) is 13.2 Å². The Morgan fingerprint density at radius 2 is 1.58 bits per heavy atom. The molecule has 0 aliphatic carbocycles. The highest BCUT2D eigenvalue weighted by atomic mass is 19.4. The van der Waals surface area contributed by atoms with Gasteiger partial charge in [-0.05, 0) is 61.5 Å². The average molecular weight is 672 g/mol. The summed E-state index contributed by atoms with van der Waals surface area (Å²) in [6.07, 6.45) is -5.19. The van der Waals surface area contributed by atoms with Crippen LogP contribution in [0.3, 0.4) is 0 Å². The molecule has 2 aliphatic rings. The Kier molecular flexibility index (Phi) is 10.2. The minimum atomic E-state index is -4.50. The molecule has 3 aromatic carbocycles. The zero-order valence-electron chi connectivity index (χ0n) is 26.5. The molecule has 2 aliphatic heterocycles. The molecule has 0 fully saturated rings. The number of aliphatic hydroxyl groups excluding tert-OH is 1. The van der Waals surface area contributed by atoms with E-state index in [0.29, 0.717) is 34.2 Å². The van der Waals surface area contributed by atoms with Crippen molar-refractivity contribution in [2.45, 2.75) is 38.6 Å². The van der Waals surface area contributed by atoms with Gasteiger partial charge in [-0.15, -0.1) is 0 Å². The topological polar surface area (TPSA) is 142 Å². The van der Waals surface area contributed by atoms with E-state index in [-0.39, 0.29) is 50.4 Å². The van der Waals surface area contributed by atoms with Gasteiger partial charge in [0.1, 0.15) is 11.9 Å². The predicted octanol–water partition coefficient (Wildman–Crippen LogP) is 5.39. The molecule has 256 valence electrons. The van der Waals surface area contributed by atoms with Crippen LogP contribution in [0.2, 0.25) is 0 Å². The van der Waals surface area contributed by atoms with Gasteiger partial charge in [0.2, 0.25) is 12.7 Å². The Balaban J connectivity index is 1.32. The second-order valence-corrected chi connectivity index (χ2v) is 11.7. The number of nitrogens with one attached hydrogen (secondary N) is 3. The van der Waals surface area contributed by atoms with Gasteiger partial charge >= 0.3 is 18.2 Å². The monoisotopic (exact) mass is 671 g/mol. The predicted molar refractivity (Wildman–Crippen MR) is 170 cm³/mol. The maximum absolute atomic E-state index is 13.5. The number of anilines is 3. The number of urea groups is 2. The lowest BCUT2D eigenvalue weighted by molar-refractivity contribution is -0.137. The summed E-state index contributed by atoms with van der Waals surface area (Å²) in [6, 6.07) is 12.2. The highest BCUT2D eigenvalue weighted by molar-refractivity contribution is 6.00. The molecule has 5 amide bonds. The molecular weight excluding hydrogens is 635 g/mol. The highest BCUT2D eigenvalue weighted by Gasteiger charge is 2.32. The van der Waals surface area contributed by atoms with Crippen molar-refractivity contribution in [3.05, 3.63) is 71.8 Å². The van der Waals surface area contributed by atoms with Gasteiger partial charge in [-0.1, -0.05) is 6.92 Å². The van der Waals surface area contributed by atoms with Crippen molar-refractivity contribution in [2.24, 2.45) is 5.92 Å². The number of aliphatic hydroxyl groups is 1. The van der Waals surface area contributed by atoms with Gasteiger partial charge in [0, 0.05) is 48.2 Å². The van der Waals surface area contributed by atoms with Gasteiger partial charge in [-0.3, -0.25) is 4.79 Å². The van der Waals surface area contributed by atoms with Crippen molar-refractivity contribution in [3.8, 4) is 17.2 Å². The Bertz CT molecular complexity index is 1650. The molecule has 15 heteroatoms. The molecule has 3 atom stereocenters. The number of hydrogen-bond donors (Lipinski definition) is 4. The summed E-state index contributed by atoms with van der Waals surface area (Å²) < 4.78 is 55.8. The van der Waals surface area contributed by atoms with Crippen molar-refractivity contribution in [3.63, 3.8) is 0 Å². The van der Waals surface area contributed by atoms with Crippen molar-refractivity contribution >= 4 is 35.0 Å². The van der Waals surface area contributed by atoms with Crippen LogP contribution in [0.25, 0.3) is 0 Å². The standard InChI is InChI=1S/C33H36F3N5O7/c1-19-15-41(20(2)17-42)30(43)13-21-12-24(38-31(44)37-23-6-4-22(5-7-23)33(34,35)36)8-10-26(21)48-29(19)16-40(3)32(45)39-25-9-11-27-28(14-25)47-18-46-27/h4-12,14,19-20,29,42H,13,15-18H2,1-3H3,(H,39,45)(H2,37,38,44)/t19-,20-,29-/m1/s1. The number of carbonyl (C=O) groups is 3. The van der Waals surface area contributed by atoms with Crippen LogP contribution in [-0.4, -0.2) is 78.6 Å². The number of alkyl halides is 3. The summed E-state index contributed by atoms with van der Waals surface area (Å²) in [5.74, 6) is 0.935. The smallest absolute Gasteiger partial charge is 0.416 e. The molecular formula is C33H36F3N5O7. The number of amides is 5. The summed E-state index contributed by atoms with van der Waals surface area (Å²) in [6.45, 7) is 3.85. The fourth-order valence-electron chi connectivity index (χ4n) is 5.31. The Morgan fingerprint density at radius 1 is 0.958 bits per heavy atom. The summed E-state index contributed by atoms with van der Waals surface area (Å²) in [4.78, 5) is 42.4. The van der Waals surface area contributed by atoms with Crippen LogP contribution < -0.4 is 30.2 Å². The van der Waals surface area contributed by atoms with E-state index in [1.165, 1.54) is 4.90 Å². The van der Waals surface area contributed by atoms with Crippen LogP contribution in [0.4, 0.5) is 39.8 Å². The second-order valence-electron chi connectivity index (χ2n) is 11.7. The molecule has 0 aromatic heterocycles. The minimum absolute atomic E-state index is 0.102. The number of benzene rings is 3. The molecule has 0 saturated heterocycles. The number of hydrogen-bond acceptors (Lipinski definition) is 7. The highest BCUT2D eigenvalue weighted by Crippen LogP contribution is 2.35. The molecule has 0 spiro atoms. The number of fused-ring (bicyclic) bond motifs is 2. The average Bonchev–Trinajstić information content (AvgIpc) is 3.52. The molecule has 0 unspecified atom stereocenters. The lowest BCUT2D eigenvalue weighted by atomic mass is 10.0. The molecule has 3 aromatic rings. The number of carbonyl (C=O) groups excluding carboxylic acids is 3. The number of likely N-dealkylation sites (N-methyl/N-ethyl adjacent to an activating group) is 1. The van der Waals surface area contributed by atoms with Crippen molar-refractivity contribution in [1.82, 2.24) is 9.80 Å². The third kappa shape index (κ3) is 8.20. The maximum Gasteiger partial charge on any atom is 0.416 e. The molecule has 4 N–H and O–H groups in total. The van der Waals surface area contributed by atoms with Crippen LogP contribution in [0.1, 0.15) is 25.0 Å².